The Bertz CT molecular complexity index is 467. The topological polar surface area (TPSA) is 62.7 Å². The van der Waals surface area contributed by atoms with Gasteiger partial charge in [0.05, 0.1) is 24.2 Å². The lowest BCUT2D eigenvalue weighted by atomic mass is 10.2. The molecule has 2 amide bonds. The Labute approximate surface area is 116 Å². The van der Waals surface area contributed by atoms with Crippen LogP contribution in [0.15, 0.2) is 5.38 Å². The molecule has 0 atom stereocenters. The predicted octanol–water partition coefficient (Wildman–Crippen LogP) is 0.905. The maximum Gasteiger partial charge on any atom is 0.409 e. The van der Waals surface area contributed by atoms with Gasteiger partial charge < -0.3 is 14.5 Å². The van der Waals surface area contributed by atoms with Gasteiger partial charge in [0.15, 0.2) is 0 Å². The van der Waals surface area contributed by atoms with Crippen molar-refractivity contribution in [2.24, 2.45) is 0 Å². The normalized spacial score (nSPS) is 15.5. The molecule has 7 heteroatoms. The molecule has 0 aliphatic carbocycles. The van der Waals surface area contributed by atoms with Crippen LogP contribution in [0, 0.1) is 6.92 Å². The Morgan fingerprint density at radius 1 is 1.32 bits per heavy atom. The SMILES string of the molecule is COC(=O)N1CCN(C(=O)Cc2csc(C)n2)CC1. The molecule has 104 valence electrons. The molecule has 1 aromatic heterocycles. The van der Waals surface area contributed by atoms with Gasteiger partial charge in [-0.25, -0.2) is 9.78 Å². The lowest BCUT2D eigenvalue weighted by molar-refractivity contribution is -0.132. The van der Waals surface area contributed by atoms with Gasteiger partial charge in [0.25, 0.3) is 0 Å². The first-order chi connectivity index (χ1) is 9.10. The molecule has 6 nitrogen and oxygen atoms in total. The van der Waals surface area contributed by atoms with Gasteiger partial charge in [0.1, 0.15) is 0 Å². The quantitative estimate of drug-likeness (QED) is 0.809. The third-order valence-electron chi connectivity index (χ3n) is 3.06. The van der Waals surface area contributed by atoms with Crippen molar-refractivity contribution < 1.29 is 14.3 Å². The first kappa shape index (κ1) is 13.8. The van der Waals surface area contributed by atoms with Crippen molar-refractivity contribution >= 4 is 23.3 Å². The summed E-state index contributed by atoms with van der Waals surface area (Å²) in [5, 5.41) is 2.89. The molecule has 0 unspecified atom stereocenters. The zero-order chi connectivity index (χ0) is 13.8. The van der Waals surface area contributed by atoms with Crippen molar-refractivity contribution in [1.29, 1.82) is 0 Å². The molecule has 0 spiro atoms. The molecular formula is C12H17N3O3S. The number of aryl methyl sites for hydroxylation is 1. The molecule has 1 aromatic rings. The molecule has 1 fully saturated rings. The van der Waals surface area contributed by atoms with E-state index in [0.717, 1.165) is 10.7 Å². The highest BCUT2D eigenvalue weighted by Gasteiger charge is 2.24. The average Bonchev–Trinajstić information content (AvgIpc) is 2.83. The van der Waals surface area contributed by atoms with E-state index in [1.807, 2.05) is 12.3 Å². The number of ether oxygens (including phenoxy) is 1. The molecule has 2 heterocycles. The number of hydrogen-bond donors (Lipinski definition) is 0. The summed E-state index contributed by atoms with van der Waals surface area (Å²) in [6.45, 7) is 4.07. The molecule has 1 aliphatic rings. The summed E-state index contributed by atoms with van der Waals surface area (Å²) in [5.41, 5.74) is 0.822. The number of hydrogen-bond acceptors (Lipinski definition) is 5. The van der Waals surface area contributed by atoms with E-state index in [1.54, 1.807) is 21.1 Å². The van der Waals surface area contributed by atoms with Crippen LogP contribution in [-0.4, -0.2) is 60.1 Å². The predicted molar refractivity (Wildman–Crippen MR) is 71.1 cm³/mol. The molecule has 0 saturated carbocycles. The van der Waals surface area contributed by atoms with E-state index in [1.165, 1.54) is 7.11 Å². The number of rotatable bonds is 2. The monoisotopic (exact) mass is 283 g/mol. The maximum absolute atomic E-state index is 12.1. The fourth-order valence-electron chi connectivity index (χ4n) is 2.02. The average molecular weight is 283 g/mol. The minimum Gasteiger partial charge on any atom is -0.453 e. The second kappa shape index (κ2) is 6.01. The van der Waals surface area contributed by atoms with Crippen LogP contribution < -0.4 is 0 Å². The van der Waals surface area contributed by atoms with Crippen LogP contribution >= 0.6 is 11.3 Å². The Kier molecular flexibility index (Phi) is 4.36. The third-order valence-corrected chi connectivity index (χ3v) is 3.89. The van der Waals surface area contributed by atoms with Crippen LogP contribution in [0.2, 0.25) is 0 Å². The first-order valence-corrected chi connectivity index (χ1v) is 7.00. The Hall–Kier alpha value is -1.63. The van der Waals surface area contributed by atoms with Gasteiger partial charge in [0, 0.05) is 31.6 Å². The summed E-state index contributed by atoms with van der Waals surface area (Å²) in [5.74, 6) is 0.0646. The molecule has 1 saturated heterocycles. The van der Waals surface area contributed by atoms with Crippen LogP contribution in [0.3, 0.4) is 0 Å². The van der Waals surface area contributed by atoms with E-state index in [4.69, 9.17) is 0 Å². The van der Waals surface area contributed by atoms with Gasteiger partial charge in [0.2, 0.25) is 5.91 Å². The largest absolute Gasteiger partial charge is 0.453 e. The molecule has 0 N–H and O–H groups in total. The Morgan fingerprint density at radius 2 is 1.95 bits per heavy atom. The van der Waals surface area contributed by atoms with Gasteiger partial charge in [-0.1, -0.05) is 0 Å². The molecule has 1 aliphatic heterocycles. The zero-order valence-electron chi connectivity index (χ0n) is 11.1. The van der Waals surface area contributed by atoms with Crippen molar-refractivity contribution in [3.8, 4) is 0 Å². The summed E-state index contributed by atoms with van der Waals surface area (Å²) >= 11 is 1.55. The highest BCUT2D eigenvalue weighted by molar-refractivity contribution is 7.09. The van der Waals surface area contributed by atoms with Gasteiger partial charge in [-0.05, 0) is 6.92 Å². The molecule has 19 heavy (non-hydrogen) atoms. The van der Waals surface area contributed by atoms with Gasteiger partial charge in [-0.3, -0.25) is 4.79 Å². The second-order valence-corrected chi connectivity index (χ2v) is 5.43. The van der Waals surface area contributed by atoms with Gasteiger partial charge in [-0.15, -0.1) is 11.3 Å². The Morgan fingerprint density at radius 3 is 2.47 bits per heavy atom. The third kappa shape index (κ3) is 3.44. The van der Waals surface area contributed by atoms with E-state index < -0.39 is 0 Å². The number of aromatic nitrogens is 1. The standard InChI is InChI=1S/C12H17N3O3S/c1-9-13-10(8-19-9)7-11(16)14-3-5-15(6-4-14)12(17)18-2/h8H,3-7H2,1-2H3. The van der Waals surface area contributed by atoms with E-state index >= 15 is 0 Å². The van der Waals surface area contributed by atoms with Crippen molar-refractivity contribution in [2.45, 2.75) is 13.3 Å². The number of piperazine rings is 1. The van der Waals surface area contributed by atoms with Crippen molar-refractivity contribution in [3.63, 3.8) is 0 Å². The van der Waals surface area contributed by atoms with Crippen molar-refractivity contribution in [1.82, 2.24) is 14.8 Å². The summed E-state index contributed by atoms with van der Waals surface area (Å²) in [6, 6.07) is 0. The minimum absolute atomic E-state index is 0.0646. The van der Waals surface area contributed by atoms with E-state index in [0.29, 0.717) is 32.6 Å². The van der Waals surface area contributed by atoms with Gasteiger partial charge >= 0.3 is 6.09 Å². The maximum atomic E-state index is 12.1. The van der Waals surface area contributed by atoms with Crippen molar-refractivity contribution in [3.05, 3.63) is 16.1 Å². The second-order valence-electron chi connectivity index (χ2n) is 4.37. The number of methoxy groups -OCH3 is 1. The molecule has 0 aromatic carbocycles. The number of amides is 2. The lowest BCUT2D eigenvalue weighted by Crippen LogP contribution is -2.50. The highest BCUT2D eigenvalue weighted by atomic mass is 32.1. The van der Waals surface area contributed by atoms with Gasteiger partial charge in [-0.2, -0.15) is 0 Å². The van der Waals surface area contributed by atoms with E-state index in [2.05, 4.69) is 9.72 Å². The number of thiazole rings is 1. The van der Waals surface area contributed by atoms with Crippen LogP contribution in [0.25, 0.3) is 0 Å². The summed E-state index contributed by atoms with van der Waals surface area (Å²) in [4.78, 5) is 31.1. The van der Waals surface area contributed by atoms with E-state index in [-0.39, 0.29) is 12.0 Å². The smallest absolute Gasteiger partial charge is 0.409 e. The fourth-order valence-corrected chi connectivity index (χ4v) is 2.64. The molecule has 0 bridgehead atoms. The Balaban J connectivity index is 1.84. The summed E-state index contributed by atoms with van der Waals surface area (Å²) < 4.78 is 4.66. The molecule has 0 radical (unpaired) electrons. The van der Waals surface area contributed by atoms with Crippen molar-refractivity contribution in [2.75, 3.05) is 33.3 Å². The van der Waals surface area contributed by atoms with Crippen LogP contribution in [-0.2, 0) is 16.0 Å². The summed E-state index contributed by atoms with van der Waals surface area (Å²) in [7, 11) is 1.37. The first-order valence-electron chi connectivity index (χ1n) is 6.12. The fraction of sp³-hybridized carbons (Fsp3) is 0.583. The van der Waals surface area contributed by atoms with Crippen LogP contribution in [0.4, 0.5) is 4.79 Å². The number of carbonyl (C=O) groups excluding carboxylic acids is 2. The zero-order valence-corrected chi connectivity index (χ0v) is 11.9. The molecule has 2 rings (SSSR count). The lowest BCUT2D eigenvalue weighted by Gasteiger charge is -2.33. The highest BCUT2D eigenvalue weighted by Crippen LogP contribution is 2.11. The number of carbonyl (C=O) groups is 2. The summed E-state index contributed by atoms with van der Waals surface area (Å²) in [6.07, 6.45) is 0.00460. The van der Waals surface area contributed by atoms with Crippen LogP contribution in [0.1, 0.15) is 10.7 Å². The van der Waals surface area contributed by atoms with E-state index in [9.17, 15) is 9.59 Å². The molecular weight excluding hydrogens is 266 g/mol. The van der Waals surface area contributed by atoms with Crippen LogP contribution in [0.5, 0.6) is 0 Å². The number of nitrogens with zero attached hydrogens (tertiary/aromatic N) is 3. The minimum atomic E-state index is -0.331.